The molecule has 0 amide bonds. The predicted molar refractivity (Wildman–Crippen MR) is 67.4 cm³/mol. The van der Waals surface area contributed by atoms with Gasteiger partial charge in [-0.1, -0.05) is 15.9 Å². The van der Waals surface area contributed by atoms with Gasteiger partial charge in [-0.25, -0.2) is 0 Å². The number of nitrogens with two attached hydrogens (primary N) is 1. The van der Waals surface area contributed by atoms with E-state index in [2.05, 4.69) is 33.4 Å². The van der Waals surface area contributed by atoms with Gasteiger partial charge in [0.05, 0.1) is 0 Å². The average molecular weight is 267 g/mol. The van der Waals surface area contributed by atoms with Gasteiger partial charge in [-0.2, -0.15) is 0 Å². The molecule has 0 radical (unpaired) electrons. The van der Waals surface area contributed by atoms with E-state index in [4.69, 9.17) is 5.73 Å². The Bertz CT molecular complexity index is 368. The lowest BCUT2D eigenvalue weighted by Gasteiger charge is -2.19. The lowest BCUT2D eigenvalue weighted by atomic mass is 10.0. The molecule has 0 saturated heterocycles. The van der Waals surface area contributed by atoms with Gasteiger partial charge in [-0.15, -0.1) is 0 Å². The van der Waals surface area contributed by atoms with E-state index in [1.165, 1.54) is 18.5 Å². The molecule has 2 rings (SSSR count). The van der Waals surface area contributed by atoms with Crippen LogP contribution in [0.1, 0.15) is 25.7 Å². The number of nitrogens with one attached hydrogen (secondary N) is 1. The second kappa shape index (κ2) is 4.71. The molecule has 1 aliphatic rings. The minimum absolute atomic E-state index is 1.02. The maximum atomic E-state index is 5.96. The van der Waals surface area contributed by atoms with E-state index >= 15 is 0 Å². The van der Waals surface area contributed by atoms with Crippen LogP contribution in [0.2, 0.25) is 0 Å². The standard InChI is InChI=1S/C12H15BrN2/c13-9-5-7-10(8-6-9)15-12-4-2-1-3-11(12)14/h5-8,15H,1-4,14H2. The van der Waals surface area contributed by atoms with Crippen LogP contribution >= 0.6 is 15.9 Å². The summed E-state index contributed by atoms with van der Waals surface area (Å²) in [5.74, 6) is 0. The largest absolute Gasteiger partial charge is 0.401 e. The normalized spacial score (nSPS) is 16.6. The summed E-state index contributed by atoms with van der Waals surface area (Å²) in [5.41, 5.74) is 9.29. The minimum Gasteiger partial charge on any atom is -0.401 e. The van der Waals surface area contributed by atoms with Crippen molar-refractivity contribution in [2.45, 2.75) is 25.7 Å². The maximum absolute atomic E-state index is 5.96. The summed E-state index contributed by atoms with van der Waals surface area (Å²) >= 11 is 3.42. The van der Waals surface area contributed by atoms with Gasteiger partial charge in [-0.05, 0) is 49.9 Å². The quantitative estimate of drug-likeness (QED) is 0.859. The molecule has 2 nitrogen and oxygen atoms in total. The summed E-state index contributed by atoms with van der Waals surface area (Å²) in [6.07, 6.45) is 4.55. The first-order valence-electron chi connectivity index (χ1n) is 5.26. The summed E-state index contributed by atoms with van der Waals surface area (Å²) in [6.45, 7) is 0. The first kappa shape index (κ1) is 10.6. The molecule has 3 N–H and O–H groups in total. The lowest BCUT2D eigenvalue weighted by Crippen LogP contribution is -2.13. The molecule has 0 unspecified atom stereocenters. The molecular formula is C12H15BrN2. The van der Waals surface area contributed by atoms with E-state index in [0.717, 1.165) is 28.7 Å². The van der Waals surface area contributed by atoms with Crippen LogP contribution in [0.4, 0.5) is 5.69 Å². The van der Waals surface area contributed by atoms with Crippen molar-refractivity contribution in [1.82, 2.24) is 0 Å². The first-order chi connectivity index (χ1) is 7.25. The molecule has 15 heavy (non-hydrogen) atoms. The smallest absolute Gasteiger partial charge is 0.0383 e. The molecule has 1 aromatic rings. The van der Waals surface area contributed by atoms with Crippen molar-refractivity contribution in [3.8, 4) is 0 Å². The number of anilines is 1. The van der Waals surface area contributed by atoms with Crippen molar-refractivity contribution >= 4 is 21.6 Å². The average Bonchev–Trinajstić information content (AvgIpc) is 2.25. The van der Waals surface area contributed by atoms with Crippen molar-refractivity contribution in [3.05, 3.63) is 40.1 Å². The Labute approximate surface area is 98.7 Å². The molecule has 0 aromatic heterocycles. The van der Waals surface area contributed by atoms with Crippen molar-refractivity contribution < 1.29 is 0 Å². The number of hydrogen-bond donors (Lipinski definition) is 2. The number of allylic oxidation sites excluding steroid dienone is 2. The van der Waals surface area contributed by atoms with Crippen LogP contribution in [0.3, 0.4) is 0 Å². The molecule has 0 fully saturated rings. The fourth-order valence-corrected chi connectivity index (χ4v) is 2.04. The third kappa shape index (κ3) is 2.75. The van der Waals surface area contributed by atoms with Crippen molar-refractivity contribution in [2.24, 2.45) is 5.73 Å². The van der Waals surface area contributed by atoms with E-state index in [-0.39, 0.29) is 0 Å². The van der Waals surface area contributed by atoms with Crippen LogP contribution in [0.15, 0.2) is 40.1 Å². The van der Waals surface area contributed by atoms with Gasteiger partial charge in [-0.3, -0.25) is 0 Å². The van der Waals surface area contributed by atoms with Crippen molar-refractivity contribution in [2.75, 3.05) is 5.32 Å². The zero-order valence-electron chi connectivity index (χ0n) is 8.59. The second-order valence-corrected chi connectivity index (χ2v) is 4.76. The molecule has 80 valence electrons. The Morgan fingerprint density at radius 2 is 1.73 bits per heavy atom. The fourth-order valence-electron chi connectivity index (χ4n) is 1.78. The molecule has 0 saturated carbocycles. The molecule has 0 aliphatic heterocycles. The van der Waals surface area contributed by atoms with Crippen LogP contribution in [0, 0.1) is 0 Å². The summed E-state index contributed by atoms with van der Waals surface area (Å²) in [7, 11) is 0. The Morgan fingerprint density at radius 1 is 1.07 bits per heavy atom. The maximum Gasteiger partial charge on any atom is 0.0383 e. The van der Waals surface area contributed by atoms with Crippen LogP contribution in [-0.4, -0.2) is 0 Å². The summed E-state index contributed by atoms with van der Waals surface area (Å²) in [6, 6.07) is 8.17. The third-order valence-corrected chi connectivity index (χ3v) is 3.18. The van der Waals surface area contributed by atoms with E-state index in [1.807, 2.05) is 12.1 Å². The number of hydrogen-bond acceptors (Lipinski definition) is 2. The Hall–Kier alpha value is -0.960. The van der Waals surface area contributed by atoms with E-state index in [9.17, 15) is 0 Å². The van der Waals surface area contributed by atoms with E-state index < -0.39 is 0 Å². The highest BCUT2D eigenvalue weighted by Crippen LogP contribution is 2.23. The van der Waals surface area contributed by atoms with Gasteiger partial charge in [0.1, 0.15) is 0 Å². The predicted octanol–water partition coefficient (Wildman–Crippen LogP) is 3.61. The number of halogens is 1. The zero-order chi connectivity index (χ0) is 10.7. The Balaban J connectivity index is 2.11. The Kier molecular flexibility index (Phi) is 3.31. The van der Waals surface area contributed by atoms with Gasteiger partial charge >= 0.3 is 0 Å². The third-order valence-electron chi connectivity index (χ3n) is 2.65. The molecule has 0 atom stereocenters. The summed E-state index contributed by atoms with van der Waals surface area (Å²) < 4.78 is 1.10. The highest BCUT2D eigenvalue weighted by molar-refractivity contribution is 9.10. The lowest BCUT2D eigenvalue weighted by molar-refractivity contribution is 0.669. The summed E-state index contributed by atoms with van der Waals surface area (Å²) in [4.78, 5) is 0. The highest BCUT2D eigenvalue weighted by Gasteiger charge is 2.09. The van der Waals surface area contributed by atoms with Gasteiger partial charge in [0, 0.05) is 21.6 Å². The molecular weight excluding hydrogens is 252 g/mol. The number of rotatable bonds is 2. The van der Waals surface area contributed by atoms with E-state index in [0.29, 0.717) is 0 Å². The monoisotopic (exact) mass is 266 g/mol. The van der Waals surface area contributed by atoms with Crippen LogP contribution in [0.5, 0.6) is 0 Å². The van der Waals surface area contributed by atoms with Crippen LogP contribution in [0.25, 0.3) is 0 Å². The van der Waals surface area contributed by atoms with Crippen molar-refractivity contribution in [1.29, 1.82) is 0 Å². The molecule has 0 spiro atoms. The van der Waals surface area contributed by atoms with E-state index in [1.54, 1.807) is 0 Å². The van der Waals surface area contributed by atoms with Gasteiger partial charge in [0.25, 0.3) is 0 Å². The van der Waals surface area contributed by atoms with Gasteiger partial charge in [0.15, 0.2) is 0 Å². The molecule has 1 aromatic carbocycles. The zero-order valence-corrected chi connectivity index (χ0v) is 10.2. The second-order valence-electron chi connectivity index (χ2n) is 3.84. The topological polar surface area (TPSA) is 38.0 Å². The molecule has 0 heterocycles. The minimum atomic E-state index is 1.02. The number of benzene rings is 1. The molecule has 3 heteroatoms. The first-order valence-corrected chi connectivity index (χ1v) is 6.05. The molecule has 0 bridgehead atoms. The fraction of sp³-hybridized carbons (Fsp3) is 0.333. The Morgan fingerprint density at radius 3 is 2.40 bits per heavy atom. The van der Waals surface area contributed by atoms with Crippen LogP contribution in [-0.2, 0) is 0 Å². The molecule has 1 aliphatic carbocycles. The summed E-state index contributed by atoms with van der Waals surface area (Å²) in [5, 5.41) is 3.39. The van der Waals surface area contributed by atoms with Gasteiger partial charge in [0.2, 0.25) is 0 Å². The van der Waals surface area contributed by atoms with Gasteiger partial charge < -0.3 is 11.1 Å². The van der Waals surface area contributed by atoms with Crippen LogP contribution < -0.4 is 11.1 Å². The highest BCUT2D eigenvalue weighted by atomic mass is 79.9. The SMILES string of the molecule is NC1=C(Nc2ccc(Br)cc2)CCCC1. The van der Waals surface area contributed by atoms with Crippen molar-refractivity contribution in [3.63, 3.8) is 0 Å².